The molecule has 0 unspecified atom stereocenters. The zero-order valence-electron chi connectivity index (χ0n) is 23.5. The van der Waals surface area contributed by atoms with Crippen molar-refractivity contribution < 1.29 is 31.2 Å². The van der Waals surface area contributed by atoms with Gasteiger partial charge < -0.3 is 10.2 Å². The molecule has 0 spiro atoms. The lowest BCUT2D eigenvalue weighted by Crippen LogP contribution is -2.53. The largest absolute Gasteiger partial charge is 0.416 e. The Morgan fingerprint density at radius 3 is 2.09 bits per heavy atom. The van der Waals surface area contributed by atoms with E-state index in [2.05, 4.69) is 5.32 Å². The lowest BCUT2D eigenvalue weighted by molar-refractivity contribution is -0.139. The molecule has 44 heavy (non-hydrogen) atoms. The van der Waals surface area contributed by atoms with E-state index in [0.717, 1.165) is 17.7 Å². The van der Waals surface area contributed by atoms with Crippen molar-refractivity contribution in [2.45, 2.75) is 30.1 Å². The van der Waals surface area contributed by atoms with Crippen LogP contribution in [-0.2, 0) is 38.8 Å². The first kappa shape index (κ1) is 32.6. The van der Waals surface area contributed by atoms with Crippen LogP contribution in [0.4, 0.5) is 18.9 Å². The first-order chi connectivity index (χ1) is 20.9. The molecule has 0 saturated carbocycles. The van der Waals surface area contributed by atoms with Gasteiger partial charge in [0.15, 0.2) is 0 Å². The van der Waals surface area contributed by atoms with Gasteiger partial charge in [0, 0.05) is 25.0 Å². The molecule has 4 rings (SSSR count). The summed E-state index contributed by atoms with van der Waals surface area (Å²) in [6.45, 7) is -1.07. The van der Waals surface area contributed by atoms with E-state index in [1.807, 2.05) is 0 Å². The van der Waals surface area contributed by atoms with Crippen LogP contribution in [0.25, 0.3) is 0 Å². The van der Waals surface area contributed by atoms with Gasteiger partial charge in [-0.25, -0.2) is 8.42 Å². The first-order valence-corrected chi connectivity index (χ1v) is 15.3. The molecule has 7 nitrogen and oxygen atoms in total. The van der Waals surface area contributed by atoms with Crippen LogP contribution in [0, 0.1) is 0 Å². The molecule has 0 saturated heterocycles. The van der Waals surface area contributed by atoms with E-state index in [1.54, 1.807) is 60.7 Å². The Labute approximate surface area is 258 Å². The maximum absolute atomic E-state index is 14.2. The van der Waals surface area contributed by atoms with Crippen LogP contribution in [0.1, 0.15) is 16.7 Å². The summed E-state index contributed by atoms with van der Waals surface area (Å²) in [5.41, 5.74) is -0.240. The van der Waals surface area contributed by atoms with Crippen molar-refractivity contribution in [3.8, 4) is 0 Å². The fourth-order valence-corrected chi connectivity index (χ4v) is 6.24. The monoisotopic (exact) mass is 643 g/mol. The van der Waals surface area contributed by atoms with E-state index in [0.29, 0.717) is 21.0 Å². The number of benzene rings is 4. The number of halogens is 4. The Bertz CT molecular complexity index is 1700. The van der Waals surface area contributed by atoms with E-state index >= 15 is 0 Å². The summed E-state index contributed by atoms with van der Waals surface area (Å²) in [5.74, 6) is -1.35. The molecule has 0 heterocycles. The molecule has 1 N–H and O–H groups in total. The van der Waals surface area contributed by atoms with E-state index < -0.39 is 46.2 Å². The Hall–Kier alpha value is -4.35. The fraction of sp³-hybridized carbons (Fsp3) is 0.188. The van der Waals surface area contributed by atoms with Crippen molar-refractivity contribution in [3.05, 3.63) is 131 Å². The minimum Gasteiger partial charge on any atom is -0.357 e. The van der Waals surface area contributed by atoms with E-state index in [1.165, 1.54) is 42.3 Å². The van der Waals surface area contributed by atoms with Crippen molar-refractivity contribution >= 4 is 39.1 Å². The average Bonchev–Trinajstić information content (AvgIpc) is 3.02. The number of nitrogens with zero attached hydrogens (tertiary/aromatic N) is 2. The number of carbonyl (C=O) groups is 2. The lowest BCUT2D eigenvalue weighted by atomic mass is 10.0. The molecule has 0 aliphatic carbocycles. The molecule has 0 aliphatic rings. The van der Waals surface area contributed by atoms with Crippen molar-refractivity contribution in [2.24, 2.45) is 0 Å². The quantitative estimate of drug-likeness (QED) is 0.219. The third-order valence-corrected chi connectivity index (χ3v) is 9.04. The third-order valence-electron chi connectivity index (χ3n) is 6.89. The number of rotatable bonds is 11. The lowest BCUT2D eigenvalue weighted by Gasteiger charge is -2.34. The van der Waals surface area contributed by atoms with Gasteiger partial charge in [-0.2, -0.15) is 13.2 Å². The molecule has 0 aromatic heterocycles. The fourth-order valence-electron chi connectivity index (χ4n) is 4.62. The van der Waals surface area contributed by atoms with Crippen LogP contribution in [0.5, 0.6) is 0 Å². The summed E-state index contributed by atoms with van der Waals surface area (Å²) < 4.78 is 69.4. The minimum absolute atomic E-state index is 0.0751. The molecule has 4 aromatic rings. The second-order valence-corrected chi connectivity index (χ2v) is 12.1. The summed E-state index contributed by atoms with van der Waals surface area (Å²) >= 11 is 6.41. The number of nitrogens with one attached hydrogen (secondary N) is 1. The predicted octanol–water partition coefficient (Wildman–Crippen LogP) is 5.94. The van der Waals surface area contributed by atoms with E-state index in [4.69, 9.17) is 11.6 Å². The summed E-state index contributed by atoms with van der Waals surface area (Å²) in [4.78, 5) is 28.5. The van der Waals surface area contributed by atoms with Gasteiger partial charge in [-0.15, -0.1) is 0 Å². The molecule has 0 radical (unpaired) electrons. The Morgan fingerprint density at radius 2 is 1.48 bits per heavy atom. The van der Waals surface area contributed by atoms with Gasteiger partial charge in [-0.3, -0.25) is 13.9 Å². The van der Waals surface area contributed by atoms with E-state index in [9.17, 15) is 31.2 Å². The number of hydrogen-bond donors (Lipinski definition) is 1. The molecule has 0 bridgehead atoms. The van der Waals surface area contributed by atoms with E-state index in [-0.39, 0.29) is 23.5 Å². The predicted molar refractivity (Wildman–Crippen MR) is 162 cm³/mol. The van der Waals surface area contributed by atoms with Crippen LogP contribution < -0.4 is 9.62 Å². The summed E-state index contributed by atoms with van der Waals surface area (Å²) in [6, 6.07) is 25.3. The topological polar surface area (TPSA) is 86.8 Å². The van der Waals surface area contributed by atoms with Gasteiger partial charge in [0.1, 0.15) is 12.6 Å². The minimum atomic E-state index is -4.77. The average molecular weight is 644 g/mol. The third kappa shape index (κ3) is 7.78. The summed E-state index contributed by atoms with van der Waals surface area (Å²) in [6.07, 6.45) is -4.69. The number of likely N-dealkylation sites (N-methyl/N-ethyl adjacent to an activating group) is 1. The molecular weight excluding hydrogens is 615 g/mol. The highest BCUT2D eigenvalue weighted by Crippen LogP contribution is 2.33. The van der Waals surface area contributed by atoms with Gasteiger partial charge in [0.05, 0.1) is 16.1 Å². The van der Waals surface area contributed by atoms with Gasteiger partial charge in [0.2, 0.25) is 11.8 Å². The second-order valence-electron chi connectivity index (χ2n) is 9.81. The van der Waals surface area contributed by atoms with Crippen LogP contribution in [0.3, 0.4) is 0 Å². The number of sulfonamides is 1. The highest BCUT2D eigenvalue weighted by molar-refractivity contribution is 7.92. The SMILES string of the molecule is CNC(=O)[C@H](Cc1ccccc1)N(Cc1ccccc1Cl)C(=O)CN(c1cccc(C(F)(F)F)c1)S(=O)(=O)c1ccccc1. The Balaban J connectivity index is 1.83. The molecule has 2 amide bonds. The standard InChI is InChI=1S/C32H29ClF3N3O4S/c1-37-31(41)29(19-23-11-4-2-5-12-23)38(21-24-13-8-9-18-28(24)33)30(40)22-39(44(42,43)27-16-6-3-7-17-27)26-15-10-14-25(20-26)32(34,35)36/h2-18,20,29H,19,21-22H2,1H3,(H,37,41)/t29-/m0/s1. The molecule has 230 valence electrons. The zero-order valence-corrected chi connectivity index (χ0v) is 25.1. The van der Waals surface area contributed by atoms with Crippen molar-refractivity contribution in [2.75, 3.05) is 17.9 Å². The first-order valence-electron chi connectivity index (χ1n) is 13.4. The van der Waals surface area contributed by atoms with Gasteiger partial charge in [-0.05, 0) is 47.5 Å². The molecular formula is C32H29ClF3N3O4S. The second kappa shape index (κ2) is 14.0. The van der Waals surface area contributed by atoms with Crippen LogP contribution in [0.15, 0.2) is 114 Å². The smallest absolute Gasteiger partial charge is 0.357 e. The number of carbonyl (C=O) groups excluding carboxylic acids is 2. The molecule has 0 fully saturated rings. The molecule has 0 aliphatic heterocycles. The van der Waals surface area contributed by atoms with Gasteiger partial charge in [0.25, 0.3) is 10.0 Å². The summed E-state index contributed by atoms with van der Waals surface area (Å²) in [5, 5.41) is 2.88. The number of alkyl halides is 3. The van der Waals surface area contributed by atoms with Gasteiger partial charge >= 0.3 is 6.18 Å². The Morgan fingerprint density at radius 1 is 0.864 bits per heavy atom. The van der Waals surface area contributed by atoms with Crippen LogP contribution >= 0.6 is 11.6 Å². The van der Waals surface area contributed by atoms with Crippen LogP contribution in [-0.4, -0.2) is 44.8 Å². The maximum atomic E-state index is 14.2. The highest BCUT2D eigenvalue weighted by Gasteiger charge is 2.36. The number of amides is 2. The number of anilines is 1. The normalized spacial score (nSPS) is 12.3. The molecule has 1 atom stereocenters. The molecule has 4 aromatic carbocycles. The zero-order chi connectivity index (χ0) is 31.9. The van der Waals surface area contributed by atoms with Crippen molar-refractivity contribution in [3.63, 3.8) is 0 Å². The highest BCUT2D eigenvalue weighted by atomic mass is 35.5. The Kier molecular flexibility index (Phi) is 10.3. The van der Waals surface area contributed by atoms with Crippen LogP contribution in [0.2, 0.25) is 5.02 Å². The van der Waals surface area contributed by atoms with Gasteiger partial charge in [-0.1, -0.05) is 84.4 Å². The molecule has 12 heteroatoms. The number of hydrogen-bond acceptors (Lipinski definition) is 4. The van der Waals surface area contributed by atoms with Crippen molar-refractivity contribution in [1.29, 1.82) is 0 Å². The summed E-state index contributed by atoms with van der Waals surface area (Å²) in [7, 11) is -3.13. The maximum Gasteiger partial charge on any atom is 0.416 e. The van der Waals surface area contributed by atoms with Crippen molar-refractivity contribution in [1.82, 2.24) is 10.2 Å².